The molecular weight excluding hydrogens is 415 g/mol. The van der Waals surface area contributed by atoms with Gasteiger partial charge in [-0.25, -0.2) is 9.18 Å². The first-order chi connectivity index (χ1) is 14.4. The van der Waals surface area contributed by atoms with Crippen molar-refractivity contribution in [3.63, 3.8) is 0 Å². The van der Waals surface area contributed by atoms with Crippen LogP contribution in [0.1, 0.15) is 17.5 Å². The second-order valence-electron chi connectivity index (χ2n) is 6.35. The smallest absolute Gasteiger partial charge is 0.408 e. The Balaban J connectivity index is 2.05. The van der Waals surface area contributed by atoms with Crippen molar-refractivity contribution in [1.29, 1.82) is 0 Å². The van der Waals surface area contributed by atoms with E-state index in [1.807, 2.05) is 6.07 Å². The molecule has 0 aliphatic rings. The lowest BCUT2D eigenvalue weighted by molar-refractivity contribution is -0.140. The minimum atomic E-state index is -1.54. The zero-order valence-corrected chi connectivity index (χ0v) is 16.7. The van der Waals surface area contributed by atoms with Crippen molar-refractivity contribution >= 4 is 35.1 Å². The highest BCUT2D eigenvalue weighted by Gasteiger charge is 2.28. The van der Waals surface area contributed by atoms with E-state index in [9.17, 15) is 23.6 Å². The van der Waals surface area contributed by atoms with E-state index in [4.69, 9.17) is 9.84 Å². The summed E-state index contributed by atoms with van der Waals surface area (Å²) in [7, 11) is 0. The fraction of sp³-hybridized carbons (Fsp3) is 0.300. The summed E-state index contributed by atoms with van der Waals surface area (Å²) in [5, 5.41) is 17.1. The van der Waals surface area contributed by atoms with Gasteiger partial charge in [0, 0.05) is 6.42 Å². The maximum absolute atomic E-state index is 12.7. The Morgan fingerprint density at radius 3 is 2.37 bits per heavy atom. The molecule has 0 saturated heterocycles. The molecule has 1 aromatic heterocycles. The van der Waals surface area contributed by atoms with Crippen molar-refractivity contribution in [2.75, 3.05) is 6.67 Å². The van der Waals surface area contributed by atoms with Gasteiger partial charge >= 0.3 is 12.1 Å². The van der Waals surface area contributed by atoms with Gasteiger partial charge in [-0.2, -0.15) is 11.3 Å². The van der Waals surface area contributed by atoms with Gasteiger partial charge in [0.15, 0.2) is 5.78 Å². The second-order valence-corrected chi connectivity index (χ2v) is 7.13. The lowest BCUT2D eigenvalue weighted by Crippen LogP contribution is -2.53. The van der Waals surface area contributed by atoms with Crippen LogP contribution >= 0.6 is 11.3 Å². The highest BCUT2D eigenvalue weighted by molar-refractivity contribution is 7.07. The summed E-state index contributed by atoms with van der Waals surface area (Å²) in [5.41, 5.74) is 1.50. The Morgan fingerprint density at radius 1 is 1.03 bits per heavy atom. The molecule has 0 aliphatic carbocycles. The maximum Gasteiger partial charge on any atom is 0.408 e. The summed E-state index contributed by atoms with van der Waals surface area (Å²) < 4.78 is 17.9. The fourth-order valence-corrected chi connectivity index (χ4v) is 3.23. The number of benzene rings is 1. The number of halogens is 1. The number of ether oxygens (including phenoxy) is 1. The number of ketones is 1. The average molecular weight is 436 g/mol. The van der Waals surface area contributed by atoms with Gasteiger partial charge in [-0.1, -0.05) is 30.3 Å². The number of Topliss-reactive ketones (excluding diaryl/α,β-unsaturated/α-hetero) is 1. The fourth-order valence-electron chi connectivity index (χ4n) is 2.55. The van der Waals surface area contributed by atoms with Gasteiger partial charge in [-0.05, 0) is 28.0 Å². The summed E-state index contributed by atoms with van der Waals surface area (Å²) in [6.07, 6.45) is -1.54. The van der Waals surface area contributed by atoms with Crippen LogP contribution in [0.5, 0.6) is 0 Å². The molecule has 8 nitrogen and oxygen atoms in total. The number of hydrogen-bond acceptors (Lipinski definition) is 6. The van der Waals surface area contributed by atoms with Gasteiger partial charge in [0.25, 0.3) is 0 Å². The van der Waals surface area contributed by atoms with Gasteiger partial charge in [0.05, 0.1) is 6.42 Å². The Bertz CT molecular complexity index is 859. The number of alkyl carbamates (subject to hydrolysis) is 1. The molecule has 2 atom stereocenters. The van der Waals surface area contributed by atoms with Crippen molar-refractivity contribution < 1.29 is 33.4 Å². The number of alkyl halides is 1. The third-order valence-electron chi connectivity index (χ3n) is 4.06. The molecular formula is C20H21FN2O6S. The van der Waals surface area contributed by atoms with Gasteiger partial charge in [0.2, 0.25) is 5.91 Å². The van der Waals surface area contributed by atoms with Crippen LogP contribution in [-0.4, -0.2) is 47.6 Å². The van der Waals surface area contributed by atoms with E-state index >= 15 is 0 Å². The molecule has 160 valence electrons. The van der Waals surface area contributed by atoms with Crippen LogP contribution in [0.2, 0.25) is 0 Å². The number of aliphatic carboxylic acids is 1. The number of rotatable bonds is 11. The molecule has 30 heavy (non-hydrogen) atoms. The molecule has 1 aromatic carbocycles. The zero-order valence-electron chi connectivity index (χ0n) is 15.9. The summed E-state index contributed by atoms with van der Waals surface area (Å²) >= 11 is 1.39. The first-order valence-corrected chi connectivity index (χ1v) is 9.92. The van der Waals surface area contributed by atoms with E-state index in [2.05, 4.69) is 10.6 Å². The van der Waals surface area contributed by atoms with Gasteiger partial charge < -0.3 is 20.5 Å². The third-order valence-corrected chi connectivity index (χ3v) is 4.79. The highest BCUT2D eigenvalue weighted by atomic mass is 32.1. The molecule has 2 unspecified atom stereocenters. The molecule has 2 amide bonds. The van der Waals surface area contributed by atoms with Crippen LogP contribution in [0.4, 0.5) is 9.18 Å². The molecule has 0 radical (unpaired) electrons. The highest BCUT2D eigenvalue weighted by Crippen LogP contribution is 2.10. The number of hydrogen-bond donors (Lipinski definition) is 3. The molecule has 2 rings (SSSR count). The minimum Gasteiger partial charge on any atom is -0.481 e. The quantitative estimate of drug-likeness (QED) is 0.496. The zero-order chi connectivity index (χ0) is 21.9. The molecule has 10 heteroatoms. The van der Waals surface area contributed by atoms with E-state index < -0.39 is 48.9 Å². The molecule has 2 aromatic rings. The molecule has 0 bridgehead atoms. The first-order valence-electron chi connectivity index (χ1n) is 8.98. The summed E-state index contributed by atoms with van der Waals surface area (Å²) in [5.74, 6) is -3.25. The minimum absolute atomic E-state index is 0.0125. The topological polar surface area (TPSA) is 122 Å². The van der Waals surface area contributed by atoms with Crippen molar-refractivity contribution in [3.05, 3.63) is 58.3 Å². The Hall–Kier alpha value is -3.27. The van der Waals surface area contributed by atoms with Crippen LogP contribution in [0.3, 0.4) is 0 Å². The number of nitrogens with one attached hydrogen (secondary N) is 2. The molecule has 0 saturated carbocycles. The summed E-state index contributed by atoms with van der Waals surface area (Å²) in [6, 6.07) is 7.99. The lowest BCUT2D eigenvalue weighted by atomic mass is 10.1. The van der Waals surface area contributed by atoms with E-state index in [0.29, 0.717) is 0 Å². The first kappa shape index (κ1) is 23.0. The monoisotopic (exact) mass is 436 g/mol. The standard InChI is InChI=1S/C20H21FN2O6S/c21-10-17(24)15(9-18(25)26)22-19(27)16(8-14-6-7-30-12-14)23-20(28)29-11-13-4-2-1-3-5-13/h1-7,12,15-16H,8-11H2,(H,22,27)(H,23,28)(H,25,26). The molecule has 0 spiro atoms. The molecule has 3 N–H and O–H groups in total. The predicted molar refractivity (Wildman–Crippen MR) is 107 cm³/mol. The Kier molecular flexibility index (Phi) is 8.95. The Labute approximate surface area is 176 Å². The molecule has 0 fully saturated rings. The number of thiophene rings is 1. The lowest BCUT2D eigenvalue weighted by Gasteiger charge is -2.21. The number of carbonyl (C=O) groups excluding carboxylic acids is 3. The van der Waals surface area contributed by atoms with Crippen molar-refractivity contribution in [3.8, 4) is 0 Å². The number of amides is 2. The van der Waals surface area contributed by atoms with Crippen molar-refractivity contribution in [2.45, 2.75) is 31.5 Å². The van der Waals surface area contributed by atoms with E-state index in [1.165, 1.54) is 11.3 Å². The van der Waals surface area contributed by atoms with E-state index in [1.54, 1.807) is 41.1 Å². The SMILES string of the molecule is O=C(O)CC(NC(=O)C(Cc1ccsc1)NC(=O)OCc1ccccc1)C(=O)CF. The summed E-state index contributed by atoms with van der Waals surface area (Å²) in [6.45, 7) is -1.43. The van der Waals surface area contributed by atoms with Crippen LogP contribution in [-0.2, 0) is 32.1 Å². The van der Waals surface area contributed by atoms with Gasteiger partial charge in [-0.15, -0.1) is 0 Å². The Morgan fingerprint density at radius 2 is 1.77 bits per heavy atom. The van der Waals surface area contributed by atoms with Crippen LogP contribution in [0.25, 0.3) is 0 Å². The van der Waals surface area contributed by atoms with E-state index in [-0.39, 0.29) is 13.0 Å². The predicted octanol–water partition coefficient (Wildman–Crippen LogP) is 2.08. The van der Waals surface area contributed by atoms with Gasteiger partial charge in [-0.3, -0.25) is 14.4 Å². The van der Waals surface area contributed by atoms with E-state index in [0.717, 1.165) is 11.1 Å². The number of carboxylic acid groups (broad SMARTS) is 1. The maximum atomic E-state index is 12.7. The largest absolute Gasteiger partial charge is 0.481 e. The van der Waals surface area contributed by atoms with Gasteiger partial charge in [0.1, 0.15) is 25.4 Å². The van der Waals surface area contributed by atoms with Crippen LogP contribution in [0.15, 0.2) is 47.2 Å². The molecule has 1 heterocycles. The average Bonchev–Trinajstić information content (AvgIpc) is 3.24. The number of carbonyl (C=O) groups is 4. The van der Waals surface area contributed by atoms with Crippen LogP contribution in [0, 0.1) is 0 Å². The third kappa shape index (κ3) is 7.63. The van der Waals surface area contributed by atoms with Crippen molar-refractivity contribution in [2.24, 2.45) is 0 Å². The van der Waals surface area contributed by atoms with Crippen molar-refractivity contribution in [1.82, 2.24) is 10.6 Å². The van der Waals surface area contributed by atoms with Crippen LogP contribution < -0.4 is 10.6 Å². The summed E-state index contributed by atoms with van der Waals surface area (Å²) in [4.78, 5) is 47.4. The normalized spacial score (nSPS) is 12.4. The molecule has 0 aliphatic heterocycles. The second kappa shape index (κ2) is 11.7. The number of carboxylic acids is 1.